The highest BCUT2D eigenvalue weighted by Gasteiger charge is 2.31. The van der Waals surface area contributed by atoms with Gasteiger partial charge in [-0.05, 0) is 38.2 Å². The smallest absolute Gasteiger partial charge is 0.225 e. The van der Waals surface area contributed by atoms with E-state index in [9.17, 15) is 4.79 Å². The van der Waals surface area contributed by atoms with Crippen LogP contribution in [0.15, 0.2) is 12.4 Å². The van der Waals surface area contributed by atoms with E-state index >= 15 is 0 Å². The first-order chi connectivity index (χ1) is 11.2. The normalized spacial score (nSPS) is 21.6. The fraction of sp³-hybridized carbons (Fsp3) is 0.588. The molecule has 0 radical (unpaired) electrons. The van der Waals surface area contributed by atoms with E-state index < -0.39 is 0 Å². The molecule has 6 heteroatoms. The van der Waals surface area contributed by atoms with Gasteiger partial charge in [0, 0.05) is 24.0 Å². The van der Waals surface area contributed by atoms with Gasteiger partial charge in [0.2, 0.25) is 5.91 Å². The summed E-state index contributed by atoms with van der Waals surface area (Å²) in [4.78, 5) is 26.0. The molecule has 2 fully saturated rings. The molecule has 2 aromatic heterocycles. The van der Waals surface area contributed by atoms with E-state index in [0.29, 0.717) is 6.04 Å². The molecule has 1 unspecified atom stereocenters. The van der Waals surface area contributed by atoms with Crippen molar-refractivity contribution in [1.82, 2.24) is 15.3 Å². The average molecular weight is 330 g/mol. The predicted octanol–water partition coefficient (Wildman–Crippen LogP) is 2.75. The Bertz CT molecular complexity index is 724. The summed E-state index contributed by atoms with van der Waals surface area (Å²) in [6.07, 6.45) is 6.98. The molecule has 1 aliphatic carbocycles. The monoisotopic (exact) mass is 330 g/mol. The summed E-state index contributed by atoms with van der Waals surface area (Å²) in [6.45, 7) is 3.90. The quantitative estimate of drug-likeness (QED) is 0.936. The third-order valence-electron chi connectivity index (χ3n) is 4.72. The summed E-state index contributed by atoms with van der Waals surface area (Å²) < 4.78 is 0. The van der Waals surface area contributed by atoms with E-state index in [-0.39, 0.29) is 11.8 Å². The van der Waals surface area contributed by atoms with Crippen LogP contribution in [-0.4, -0.2) is 35.0 Å². The molecular formula is C17H22N4OS. The van der Waals surface area contributed by atoms with Gasteiger partial charge in [-0.25, -0.2) is 9.97 Å². The van der Waals surface area contributed by atoms with Gasteiger partial charge in [-0.15, -0.1) is 11.3 Å². The summed E-state index contributed by atoms with van der Waals surface area (Å²) in [5.41, 5.74) is 0. The first-order valence-electron chi connectivity index (χ1n) is 8.53. The number of carbonyl (C=O) groups excluding carboxylic acids is 1. The van der Waals surface area contributed by atoms with Crippen molar-refractivity contribution >= 4 is 33.3 Å². The Labute approximate surface area is 140 Å². The lowest BCUT2D eigenvalue weighted by molar-refractivity contribution is -0.125. The Hall–Kier alpha value is -1.69. The van der Waals surface area contributed by atoms with Gasteiger partial charge in [-0.1, -0.05) is 6.92 Å². The summed E-state index contributed by atoms with van der Waals surface area (Å²) in [6, 6.07) is 2.65. The number of nitrogens with one attached hydrogen (secondary N) is 1. The fourth-order valence-corrected chi connectivity index (χ4v) is 4.18. The van der Waals surface area contributed by atoms with Crippen LogP contribution in [0.2, 0.25) is 0 Å². The van der Waals surface area contributed by atoms with E-state index in [0.717, 1.165) is 61.2 Å². The number of amides is 1. The molecule has 2 aromatic rings. The first-order valence-corrected chi connectivity index (χ1v) is 9.35. The summed E-state index contributed by atoms with van der Waals surface area (Å²) in [7, 11) is 0. The number of hydrogen-bond acceptors (Lipinski definition) is 5. The summed E-state index contributed by atoms with van der Waals surface area (Å²) in [5, 5.41) is 4.29. The first kappa shape index (κ1) is 14.9. The zero-order valence-electron chi connectivity index (χ0n) is 13.4. The van der Waals surface area contributed by atoms with Crippen LogP contribution in [0.4, 0.5) is 5.82 Å². The highest BCUT2D eigenvalue weighted by molar-refractivity contribution is 7.18. The largest absolute Gasteiger partial charge is 0.355 e. The van der Waals surface area contributed by atoms with Crippen molar-refractivity contribution in [3.8, 4) is 0 Å². The van der Waals surface area contributed by atoms with Crippen LogP contribution in [0.25, 0.3) is 10.2 Å². The Morgan fingerprint density at radius 2 is 2.26 bits per heavy atom. The molecule has 0 bridgehead atoms. The molecule has 0 aromatic carbocycles. The van der Waals surface area contributed by atoms with Crippen molar-refractivity contribution in [3.05, 3.63) is 17.3 Å². The highest BCUT2D eigenvalue weighted by Crippen LogP contribution is 2.32. The Morgan fingerprint density at radius 1 is 1.39 bits per heavy atom. The molecule has 3 heterocycles. The number of carbonyl (C=O) groups is 1. The van der Waals surface area contributed by atoms with Gasteiger partial charge >= 0.3 is 0 Å². The van der Waals surface area contributed by atoms with Gasteiger partial charge < -0.3 is 10.2 Å². The molecule has 23 heavy (non-hydrogen) atoms. The van der Waals surface area contributed by atoms with Crippen molar-refractivity contribution in [3.63, 3.8) is 0 Å². The van der Waals surface area contributed by atoms with Crippen molar-refractivity contribution in [2.75, 3.05) is 18.0 Å². The number of nitrogens with zero attached hydrogens (tertiary/aromatic N) is 3. The molecule has 2 aliphatic rings. The number of thiophene rings is 1. The highest BCUT2D eigenvalue weighted by atomic mass is 32.1. The molecule has 4 rings (SSSR count). The van der Waals surface area contributed by atoms with E-state index in [1.807, 2.05) is 0 Å². The SMILES string of the molecule is CCc1cc2c(N3CCCC(C(=O)NC4CC4)C3)ncnc2s1. The number of anilines is 1. The fourth-order valence-electron chi connectivity index (χ4n) is 3.25. The number of hydrogen-bond donors (Lipinski definition) is 1. The van der Waals surface area contributed by atoms with Crippen LogP contribution in [-0.2, 0) is 11.2 Å². The van der Waals surface area contributed by atoms with E-state index in [4.69, 9.17) is 0 Å². The van der Waals surface area contributed by atoms with Crippen LogP contribution in [0, 0.1) is 5.92 Å². The standard InChI is InChI=1S/C17H22N4OS/c1-2-13-8-14-15(18-10-19-17(14)23-13)21-7-3-4-11(9-21)16(22)20-12-5-6-12/h8,10-12H,2-7,9H2,1H3,(H,20,22). The minimum atomic E-state index is 0.0821. The lowest BCUT2D eigenvalue weighted by Crippen LogP contribution is -2.44. The summed E-state index contributed by atoms with van der Waals surface area (Å²) in [5.74, 6) is 1.30. The van der Waals surface area contributed by atoms with Crippen molar-refractivity contribution in [2.45, 2.75) is 45.1 Å². The minimum absolute atomic E-state index is 0.0821. The average Bonchev–Trinajstić information content (AvgIpc) is 3.29. The van der Waals surface area contributed by atoms with Gasteiger partial charge in [0.1, 0.15) is 17.0 Å². The molecule has 1 saturated carbocycles. The number of aryl methyl sites for hydroxylation is 1. The molecule has 122 valence electrons. The van der Waals surface area contributed by atoms with Gasteiger partial charge in [0.15, 0.2) is 0 Å². The van der Waals surface area contributed by atoms with Crippen LogP contribution >= 0.6 is 11.3 Å². The second-order valence-electron chi connectivity index (χ2n) is 6.55. The van der Waals surface area contributed by atoms with Gasteiger partial charge in [-0.2, -0.15) is 0 Å². The van der Waals surface area contributed by atoms with E-state index in [1.165, 1.54) is 4.88 Å². The number of rotatable bonds is 4. The van der Waals surface area contributed by atoms with Gasteiger partial charge in [-0.3, -0.25) is 4.79 Å². The molecular weight excluding hydrogens is 308 g/mol. The second kappa shape index (κ2) is 6.07. The number of fused-ring (bicyclic) bond motifs is 1. The Balaban J connectivity index is 1.56. The maximum absolute atomic E-state index is 12.4. The zero-order chi connectivity index (χ0) is 15.8. The predicted molar refractivity (Wildman–Crippen MR) is 92.9 cm³/mol. The molecule has 1 aliphatic heterocycles. The molecule has 1 amide bonds. The molecule has 5 nitrogen and oxygen atoms in total. The topological polar surface area (TPSA) is 58.1 Å². The molecule has 1 atom stereocenters. The van der Waals surface area contributed by atoms with Crippen LogP contribution in [0.3, 0.4) is 0 Å². The van der Waals surface area contributed by atoms with Crippen LogP contribution in [0.1, 0.15) is 37.5 Å². The lowest BCUT2D eigenvalue weighted by atomic mass is 9.97. The molecule has 0 spiro atoms. The maximum atomic E-state index is 12.4. The van der Waals surface area contributed by atoms with Gasteiger partial charge in [0.05, 0.1) is 11.3 Å². The number of aromatic nitrogens is 2. The number of piperidine rings is 1. The third-order valence-corrected chi connectivity index (χ3v) is 5.91. The molecule has 1 saturated heterocycles. The Kier molecular flexibility index (Phi) is 3.93. The van der Waals surface area contributed by atoms with E-state index in [1.54, 1.807) is 17.7 Å². The van der Waals surface area contributed by atoms with Crippen LogP contribution < -0.4 is 10.2 Å². The lowest BCUT2D eigenvalue weighted by Gasteiger charge is -2.33. The summed E-state index contributed by atoms with van der Waals surface area (Å²) >= 11 is 1.74. The van der Waals surface area contributed by atoms with Crippen molar-refractivity contribution in [1.29, 1.82) is 0 Å². The van der Waals surface area contributed by atoms with E-state index in [2.05, 4.69) is 33.2 Å². The maximum Gasteiger partial charge on any atom is 0.225 e. The van der Waals surface area contributed by atoms with Crippen molar-refractivity contribution in [2.24, 2.45) is 5.92 Å². The van der Waals surface area contributed by atoms with Crippen molar-refractivity contribution < 1.29 is 4.79 Å². The minimum Gasteiger partial charge on any atom is -0.355 e. The Morgan fingerprint density at radius 3 is 3.04 bits per heavy atom. The van der Waals surface area contributed by atoms with Crippen LogP contribution in [0.5, 0.6) is 0 Å². The second-order valence-corrected chi connectivity index (χ2v) is 7.67. The van der Waals surface area contributed by atoms with Gasteiger partial charge in [0.25, 0.3) is 0 Å². The third kappa shape index (κ3) is 3.04. The molecule has 1 N–H and O–H groups in total. The zero-order valence-corrected chi connectivity index (χ0v) is 14.2.